The normalized spacial score (nSPS) is 14.4. The van der Waals surface area contributed by atoms with E-state index in [1.165, 1.54) is 141 Å². The number of hydrogen-bond acceptors (Lipinski definition) is 6. The summed E-state index contributed by atoms with van der Waals surface area (Å²) in [6.07, 6.45) is 42.1. The Morgan fingerprint density at radius 2 is 1.02 bits per heavy atom. The Morgan fingerprint density at radius 1 is 0.630 bits per heavy atom. The number of phosphoric ester groups is 1. The molecule has 54 heavy (non-hydrogen) atoms. The van der Waals surface area contributed by atoms with Crippen molar-refractivity contribution in [3.05, 3.63) is 12.2 Å². The monoisotopic (exact) mass is 787 g/mol. The van der Waals surface area contributed by atoms with Crippen molar-refractivity contribution in [2.75, 3.05) is 40.9 Å². The van der Waals surface area contributed by atoms with Gasteiger partial charge in [-0.15, -0.1) is 0 Å². The van der Waals surface area contributed by atoms with Crippen LogP contribution in [0.3, 0.4) is 0 Å². The van der Waals surface area contributed by atoms with Crippen molar-refractivity contribution < 1.29 is 32.9 Å². The van der Waals surface area contributed by atoms with E-state index in [0.717, 1.165) is 51.4 Å². The van der Waals surface area contributed by atoms with E-state index in [2.05, 4.69) is 31.3 Å². The maximum atomic E-state index is 12.9. The number of aliphatic hydroxyl groups is 1. The minimum atomic E-state index is -4.56. The number of hydrogen-bond donors (Lipinski definition) is 2. The number of unbranched alkanes of at least 4 members (excludes halogenated alkanes) is 27. The summed E-state index contributed by atoms with van der Waals surface area (Å²) < 4.78 is 23.3. The zero-order valence-electron chi connectivity index (χ0n) is 36.4. The van der Waals surface area contributed by atoms with Crippen LogP contribution in [0, 0.1) is 0 Å². The first-order valence-corrected chi connectivity index (χ1v) is 24.5. The highest BCUT2D eigenvalue weighted by Crippen LogP contribution is 2.38. The van der Waals surface area contributed by atoms with Crippen LogP contribution in [-0.4, -0.2) is 68.5 Å². The Hall–Kier alpha value is -0.760. The van der Waals surface area contributed by atoms with Gasteiger partial charge in [-0.2, -0.15) is 0 Å². The second kappa shape index (κ2) is 37.8. The fraction of sp³-hybridized carbons (Fsp3) is 0.933. The molecule has 0 aliphatic carbocycles. The van der Waals surface area contributed by atoms with Gasteiger partial charge in [-0.05, 0) is 38.5 Å². The molecule has 9 heteroatoms. The van der Waals surface area contributed by atoms with Crippen molar-refractivity contribution in [2.45, 2.75) is 231 Å². The predicted molar refractivity (Wildman–Crippen MR) is 229 cm³/mol. The average molecular weight is 787 g/mol. The molecule has 1 amide bonds. The molecule has 0 bridgehead atoms. The second-order valence-corrected chi connectivity index (χ2v) is 18.5. The van der Waals surface area contributed by atoms with E-state index in [1.807, 2.05) is 21.1 Å². The topological polar surface area (TPSA) is 108 Å². The Kier molecular flexibility index (Phi) is 37.3. The third-order valence-electron chi connectivity index (χ3n) is 10.5. The zero-order valence-corrected chi connectivity index (χ0v) is 37.3. The molecule has 0 aliphatic rings. The molecule has 0 heterocycles. The Bertz CT molecular complexity index is 896. The molecule has 0 aromatic heterocycles. The first-order chi connectivity index (χ1) is 26.0. The molecule has 2 N–H and O–H groups in total. The fourth-order valence-corrected chi connectivity index (χ4v) is 7.52. The lowest BCUT2D eigenvalue weighted by Gasteiger charge is -2.30. The summed E-state index contributed by atoms with van der Waals surface area (Å²) in [5.41, 5.74) is 0. The Morgan fingerprint density at radius 3 is 1.44 bits per heavy atom. The van der Waals surface area contributed by atoms with Crippen LogP contribution in [0.2, 0.25) is 0 Å². The SMILES string of the molecule is CCCCCCC/C=C\CCCCCCCC(=O)NC(COP(=O)([O-])OCC[N+](C)(C)C)C(O)CCCCCCCCCCCCCCCCCCCC. The molecule has 322 valence electrons. The fourth-order valence-electron chi connectivity index (χ4n) is 6.80. The van der Waals surface area contributed by atoms with Crippen molar-refractivity contribution in [1.29, 1.82) is 0 Å². The first kappa shape index (κ1) is 53.2. The molecule has 0 aromatic rings. The van der Waals surface area contributed by atoms with Gasteiger partial charge < -0.3 is 28.8 Å². The first-order valence-electron chi connectivity index (χ1n) is 23.0. The van der Waals surface area contributed by atoms with Gasteiger partial charge in [0.1, 0.15) is 13.2 Å². The third kappa shape index (κ3) is 39.5. The number of likely N-dealkylation sites (N-methyl/N-ethyl adjacent to an activating group) is 1. The molecule has 0 aliphatic heterocycles. The van der Waals surface area contributed by atoms with Gasteiger partial charge in [0.2, 0.25) is 5.91 Å². The van der Waals surface area contributed by atoms with Crippen molar-refractivity contribution in [2.24, 2.45) is 0 Å². The van der Waals surface area contributed by atoms with Gasteiger partial charge in [-0.1, -0.05) is 187 Å². The standard InChI is InChI=1S/C45H91N2O6P/c1-6-8-10-12-14-16-18-20-22-23-24-25-26-28-30-32-34-36-38-44(48)43(42-53-54(50,51)52-41-40-47(3,4)5)46-45(49)39-37-35-33-31-29-27-21-19-17-15-13-11-9-7-2/h19,21,43-44,48H,6-18,20,22-42H2,1-5H3,(H-,46,49,50,51)/b21-19-. The van der Waals surface area contributed by atoms with Crippen LogP contribution < -0.4 is 10.2 Å². The maximum Gasteiger partial charge on any atom is 0.268 e. The van der Waals surface area contributed by atoms with Crippen molar-refractivity contribution in [1.82, 2.24) is 5.32 Å². The molecule has 8 nitrogen and oxygen atoms in total. The summed E-state index contributed by atoms with van der Waals surface area (Å²) in [6.45, 7) is 4.72. The van der Waals surface area contributed by atoms with E-state index in [-0.39, 0.29) is 19.1 Å². The van der Waals surface area contributed by atoms with Crippen LogP contribution in [0.5, 0.6) is 0 Å². The Balaban J connectivity index is 4.33. The lowest BCUT2D eigenvalue weighted by atomic mass is 10.0. The van der Waals surface area contributed by atoms with E-state index in [9.17, 15) is 19.4 Å². The van der Waals surface area contributed by atoms with Gasteiger partial charge >= 0.3 is 0 Å². The number of aliphatic hydroxyl groups excluding tert-OH is 1. The molecule has 0 radical (unpaired) electrons. The summed E-state index contributed by atoms with van der Waals surface area (Å²) in [4.78, 5) is 25.3. The highest BCUT2D eigenvalue weighted by molar-refractivity contribution is 7.45. The number of nitrogens with one attached hydrogen (secondary N) is 1. The highest BCUT2D eigenvalue weighted by atomic mass is 31.2. The summed E-state index contributed by atoms with van der Waals surface area (Å²) >= 11 is 0. The van der Waals surface area contributed by atoms with E-state index >= 15 is 0 Å². The largest absolute Gasteiger partial charge is 0.756 e. The van der Waals surface area contributed by atoms with Crippen molar-refractivity contribution >= 4 is 13.7 Å². The van der Waals surface area contributed by atoms with Crippen LogP contribution in [0.1, 0.15) is 219 Å². The van der Waals surface area contributed by atoms with E-state index in [4.69, 9.17) is 9.05 Å². The summed E-state index contributed by atoms with van der Waals surface area (Å²) in [5, 5.41) is 13.9. The lowest BCUT2D eigenvalue weighted by Crippen LogP contribution is -2.46. The molecular weight excluding hydrogens is 695 g/mol. The quantitative estimate of drug-likeness (QED) is 0.0276. The van der Waals surface area contributed by atoms with E-state index < -0.39 is 20.0 Å². The average Bonchev–Trinajstić information content (AvgIpc) is 3.12. The van der Waals surface area contributed by atoms with Crippen LogP contribution in [0.4, 0.5) is 0 Å². The van der Waals surface area contributed by atoms with E-state index in [0.29, 0.717) is 23.9 Å². The molecule has 3 unspecified atom stereocenters. The van der Waals surface area contributed by atoms with Crippen LogP contribution in [0.15, 0.2) is 12.2 Å². The number of quaternary nitrogens is 1. The number of phosphoric acid groups is 1. The molecule has 0 aromatic carbocycles. The smallest absolute Gasteiger partial charge is 0.268 e. The summed E-state index contributed by atoms with van der Waals surface area (Å²) in [6, 6.07) is -0.800. The van der Waals surface area contributed by atoms with Crippen LogP contribution >= 0.6 is 7.82 Å². The number of amides is 1. The van der Waals surface area contributed by atoms with Crippen molar-refractivity contribution in [3.63, 3.8) is 0 Å². The number of allylic oxidation sites excluding steroid dienone is 2. The number of nitrogens with zero attached hydrogens (tertiary/aromatic N) is 1. The second-order valence-electron chi connectivity index (χ2n) is 17.1. The molecule has 0 spiro atoms. The van der Waals surface area contributed by atoms with Gasteiger partial charge in [0.15, 0.2) is 0 Å². The number of carbonyl (C=O) groups is 1. The van der Waals surface area contributed by atoms with Crippen LogP contribution in [0.25, 0.3) is 0 Å². The molecule has 0 fully saturated rings. The lowest BCUT2D eigenvalue weighted by molar-refractivity contribution is -0.870. The minimum Gasteiger partial charge on any atom is -0.756 e. The van der Waals surface area contributed by atoms with Gasteiger partial charge in [0.25, 0.3) is 7.82 Å². The summed E-state index contributed by atoms with van der Waals surface area (Å²) in [5.74, 6) is -0.172. The van der Waals surface area contributed by atoms with Gasteiger partial charge in [-0.3, -0.25) is 9.36 Å². The Labute approximate surface area is 335 Å². The molecule has 0 saturated carbocycles. The van der Waals surface area contributed by atoms with Gasteiger partial charge in [0.05, 0.1) is 39.9 Å². The zero-order chi connectivity index (χ0) is 40.0. The molecule has 0 saturated heterocycles. The van der Waals surface area contributed by atoms with Crippen molar-refractivity contribution in [3.8, 4) is 0 Å². The molecular formula is C45H91N2O6P. The highest BCUT2D eigenvalue weighted by Gasteiger charge is 2.24. The minimum absolute atomic E-state index is 0.0125. The molecule has 0 rings (SSSR count). The molecule has 3 atom stereocenters. The van der Waals surface area contributed by atoms with E-state index in [1.54, 1.807) is 0 Å². The van der Waals surface area contributed by atoms with Crippen LogP contribution in [-0.2, 0) is 18.4 Å². The number of rotatable bonds is 42. The maximum absolute atomic E-state index is 12.9. The van der Waals surface area contributed by atoms with Gasteiger partial charge in [0, 0.05) is 6.42 Å². The third-order valence-corrected chi connectivity index (χ3v) is 11.5. The summed E-state index contributed by atoms with van der Waals surface area (Å²) in [7, 11) is 1.31. The predicted octanol–water partition coefficient (Wildman–Crippen LogP) is 12.1. The number of carbonyl (C=O) groups excluding carboxylic acids is 1. The van der Waals surface area contributed by atoms with Gasteiger partial charge in [-0.25, -0.2) is 0 Å².